The van der Waals surface area contributed by atoms with E-state index >= 15 is 0 Å². The number of ether oxygens (including phenoxy) is 1. The van der Waals surface area contributed by atoms with Crippen LogP contribution < -0.4 is 4.74 Å². The second-order valence-electron chi connectivity index (χ2n) is 4.88. The van der Waals surface area contributed by atoms with Crippen LogP contribution >= 0.6 is 11.8 Å². The first-order chi connectivity index (χ1) is 9.40. The highest BCUT2D eigenvalue weighted by molar-refractivity contribution is 8.13. The highest BCUT2D eigenvalue weighted by atomic mass is 32.2. The number of aliphatic hydroxyl groups is 2. The highest BCUT2D eigenvalue weighted by Gasteiger charge is 2.18. The zero-order valence-corrected chi connectivity index (χ0v) is 12.9. The third-order valence-corrected chi connectivity index (χ3v) is 3.52. The van der Waals surface area contributed by atoms with Gasteiger partial charge >= 0.3 is 0 Å². The standard InChI is InChI=1S/C15H22O4S/c1-10(2)19-13-6-4-12(5-7-13)15(18)14(17)8-9-20-11(3)16/h4-7,10,14-15,17-18H,8-9H2,1-3H3. The van der Waals surface area contributed by atoms with Gasteiger partial charge in [-0.05, 0) is 38.0 Å². The molecular weight excluding hydrogens is 276 g/mol. The van der Waals surface area contributed by atoms with Crippen LogP contribution in [-0.4, -0.2) is 33.3 Å². The molecule has 112 valence electrons. The quantitative estimate of drug-likeness (QED) is 0.810. The number of carbonyl (C=O) groups is 1. The number of aliphatic hydroxyl groups excluding tert-OH is 2. The van der Waals surface area contributed by atoms with Gasteiger partial charge in [0, 0.05) is 12.7 Å². The van der Waals surface area contributed by atoms with Crippen molar-refractivity contribution in [2.24, 2.45) is 0 Å². The van der Waals surface area contributed by atoms with Crippen LogP contribution in [0.5, 0.6) is 5.75 Å². The molecule has 0 aliphatic carbocycles. The Hall–Kier alpha value is -1.04. The van der Waals surface area contributed by atoms with Gasteiger partial charge in [0.1, 0.15) is 11.9 Å². The van der Waals surface area contributed by atoms with Gasteiger partial charge in [-0.1, -0.05) is 23.9 Å². The molecule has 0 bridgehead atoms. The minimum Gasteiger partial charge on any atom is -0.491 e. The molecule has 0 aromatic heterocycles. The molecule has 0 heterocycles. The summed E-state index contributed by atoms with van der Waals surface area (Å²) in [5.41, 5.74) is 0.640. The van der Waals surface area contributed by atoms with Gasteiger partial charge in [-0.15, -0.1) is 0 Å². The van der Waals surface area contributed by atoms with Gasteiger partial charge < -0.3 is 14.9 Å². The normalized spacial score (nSPS) is 14.1. The maximum Gasteiger partial charge on any atom is 0.185 e. The van der Waals surface area contributed by atoms with Gasteiger partial charge in [-0.3, -0.25) is 4.79 Å². The van der Waals surface area contributed by atoms with Crippen LogP contribution in [0.2, 0.25) is 0 Å². The third-order valence-electron chi connectivity index (χ3n) is 2.68. The fourth-order valence-corrected chi connectivity index (χ4v) is 2.37. The van der Waals surface area contributed by atoms with Crippen molar-refractivity contribution in [1.29, 1.82) is 0 Å². The van der Waals surface area contributed by atoms with Crippen molar-refractivity contribution in [1.82, 2.24) is 0 Å². The van der Waals surface area contributed by atoms with Crippen molar-refractivity contribution in [2.45, 2.75) is 45.5 Å². The fourth-order valence-electron chi connectivity index (χ4n) is 1.72. The molecule has 1 aromatic carbocycles. The summed E-state index contributed by atoms with van der Waals surface area (Å²) >= 11 is 1.15. The molecule has 0 saturated heterocycles. The van der Waals surface area contributed by atoms with Crippen molar-refractivity contribution in [3.05, 3.63) is 29.8 Å². The molecule has 0 amide bonds. The van der Waals surface area contributed by atoms with Gasteiger partial charge in [0.2, 0.25) is 0 Å². The van der Waals surface area contributed by atoms with Gasteiger partial charge in [-0.25, -0.2) is 0 Å². The molecule has 4 nitrogen and oxygen atoms in total. The zero-order chi connectivity index (χ0) is 15.1. The van der Waals surface area contributed by atoms with E-state index in [1.165, 1.54) is 6.92 Å². The lowest BCUT2D eigenvalue weighted by molar-refractivity contribution is -0.109. The van der Waals surface area contributed by atoms with Crippen LogP contribution in [0.15, 0.2) is 24.3 Å². The maximum absolute atomic E-state index is 10.8. The average Bonchev–Trinajstić information content (AvgIpc) is 2.37. The third kappa shape index (κ3) is 5.94. The topological polar surface area (TPSA) is 66.8 Å². The molecule has 1 rings (SSSR count). The minimum absolute atomic E-state index is 0.0156. The SMILES string of the molecule is CC(=O)SCCC(O)C(O)c1ccc(OC(C)C)cc1. The molecule has 0 aliphatic heterocycles. The number of hydrogen-bond donors (Lipinski definition) is 2. The number of rotatable bonds is 7. The van der Waals surface area contributed by atoms with E-state index in [1.807, 2.05) is 13.8 Å². The lowest BCUT2D eigenvalue weighted by Crippen LogP contribution is -2.19. The molecule has 0 radical (unpaired) electrons. The smallest absolute Gasteiger partial charge is 0.185 e. The first kappa shape index (κ1) is 17.0. The molecule has 0 spiro atoms. The van der Waals surface area contributed by atoms with Crippen LogP contribution in [-0.2, 0) is 4.79 Å². The number of benzene rings is 1. The van der Waals surface area contributed by atoms with Crippen LogP contribution in [0.4, 0.5) is 0 Å². The van der Waals surface area contributed by atoms with E-state index < -0.39 is 12.2 Å². The second-order valence-corrected chi connectivity index (χ2v) is 6.15. The lowest BCUT2D eigenvalue weighted by atomic mass is 10.0. The van der Waals surface area contributed by atoms with E-state index in [9.17, 15) is 15.0 Å². The Morgan fingerprint density at radius 3 is 2.35 bits per heavy atom. The molecule has 2 N–H and O–H groups in total. The maximum atomic E-state index is 10.8. The van der Waals surface area contributed by atoms with Crippen molar-refractivity contribution in [3.63, 3.8) is 0 Å². The molecule has 2 atom stereocenters. The van der Waals surface area contributed by atoms with Crippen LogP contribution in [0.25, 0.3) is 0 Å². The number of hydrogen-bond acceptors (Lipinski definition) is 5. The summed E-state index contributed by atoms with van der Waals surface area (Å²) in [6.45, 7) is 5.37. The molecular formula is C15H22O4S. The summed E-state index contributed by atoms with van der Waals surface area (Å²) in [6.07, 6.45) is -1.36. The van der Waals surface area contributed by atoms with E-state index in [1.54, 1.807) is 24.3 Å². The molecule has 5 heteroatoms. The highest BCUT2D eigenvalue weighted by Crippen LogP contribution is 2.23. The Morgan fingerprint density at radius 1 is 1.25 bits per heavy atom. The summed E-state index contributed by atoms with van der Waals surface area (Å²) in [5.74, 6) is 1.24. The Labute approximate surface area is 124 Å². The first-order valence-corrected chi connectivity index (χ1v) is 7.65. The average molecular weight is 298 g/mol. The van der Waals surface area contributed by atoms with Crippen molar-refractivity contribution in [3.8, 4) is 5.75 Å². The zero-order valence-electron chi connectivity index (χ0n) is 12.1. The Morgan fingerprint density at radius 2 is 1.85 bits per heavy atom. The molecule has 0 fully saturated rings. The fraction of sp³-hybridized carbons (Fsp3) is 0.533. The Bertz CT molecular complexity index is 416. The van der Waals surface area contributed by atoms with Crippen molar-refractivity contribution in [2.75, 3.05) is 5.75 Å². The summed E-state index contributed by atoms with van der Waals surface area (Å²) in [7, 11) is 0. The van der Waals surface area contributed by atoms with Gasteiger partial charge in [0.15, 0.2) is 5.12 Å². The summed E-state index contributed by atoms with van der Waals surface area (Å²) in [5, 5.41) is 20.0. The molecule has 20 heavy (non-hydrogen) atoms. The number of carbonyl (C=O) groups excluding carboxylic acids is 1. The van der Waals surface area contributed by atoms with E-state index in [-0.39, 0.29) is 11.2 Å². The summed E-state index contributed by atoms with van der Waals surface area (Å²) < 4.78 is 5.52. The van der Waals surface area contributed by atoms with Crippen LogP contribution in [0.1, 0.15) is 38.9 Å². The summed E-state index contributed by atoms with van der Waals surface area (Å²) in [4.78, 5) is 10.8. The summed E-state index contributed by atoms with van der Waals surface area (Å²) in [6, 6.07) is 7.03. The second kappa shape index (κ2) is 8.29. The van der Waals surface area contributed by atoms with Crippen molar-refractivity contribution < 1.29 is 19.7 Å². The van der Waals surface area contributed by atoms with E-state index in [0.717, 1.165) is 17.5 Å². The van der Waals surface area contributed by atoms with E-state index in [4.69, 9.17) is 4.74 Å². The Balaban J connectivity index is 2.53. The van der Waals surface area contributed by atoms with Crippen LogP contribution in [0.3, 0.4) is 0 Å². The lowest BCUT2D eigenvalue weighted by Gasteiger charge is -2.18. The molecule has 1 aromatic rings. The number of thioether (sulfide) groups is 1. The monoisotopic (exact) mass is 298 g/mol. The predicted molar refractivity (Wildman–Crippen MR) is 80.9 cm³/mol. The first-order valence-electron chi connectivity index (χ1n) is 6.66. The van der Waals surface area contributed by atoms with E-state index in [2.05, 4.69) is 0 Å². The predicted octanol–water partition coefficient (Wildman–Crippen LogP) is 2.54. The largest absolute Gasteiger partial charge is 0.491 e. The van der Waals surface area contributed by atoms with E-state index in [0.29, 0.717) is 17.7 Å². The molecule has 0 saturated carbocycles. The van der Waals surface area contributed by atoms with Gasteiger partial charge in [0.25, 0.3) is 0 Å². The minimum atomic E-state index is -0.948. The Kier molecular flexibility index (Phi) is 7.05. The van der Waals surface area contributed by atoms with Gasteiger partial charge in [-0.2, -0.15) is 0 Å². The molecule has 0 aliphatic rings. The van der Waals surface area contributed by atoms with Crippen molar-refractivity contribution >= 4 is 16.9 Å². The van der Waals surface area contributed by atoms with Crippen LogP contribution in [0, 0.1) is 0 Å². The molecule has 2 unspecified atom stereocenters. The van der Waals surface area contributed by atoms with Gasteiger partial charge in [0.05, 0.1) is 12.2 Å².